The van der Waals surface area contributed by atoms with Crippen molar-refractivity contribution in [2.75, 3.05) is 7.11 Å². The van der Waals surface area contributed by atoms with E-state index in [1.165, 1.54) is 29.2 Å². The maximum atomic E-state index is 13.9. The van der Waals surface area contributed by atoms with Gasteiger partial charge in [-0.15, -0.1) is 0 Å². The average Bonchev–Trinajstić information content (AvgIpc) is 2.48. The van der Waals surface area contributed by atoms with E-state index in [0.29, 0.717) is 12.1 Å². The molecule has 0 aliphatic carbocycles. The molecule has 0 N–H and O–H groups in total. The second kappa shape index (κ2) is 6.35. The predicted octanol–water partition coefficient (Wildman–Crippen LogP) is 4.01. The minimum Gasteiger partial charge on any atom is -0.356 e. The summed E-state index contributed by atoms with van der Waals surface area (Å²) in [6.45, 7) is 3.39. The number of hydrogen-bond donors (Lipinski definition) is 0. The van der Waals surface area contributed by atoms with E-state index in [-0.39, 0.29) is 11.6 Å². The highest BCUT2D eigenvalue weighted by atomic mass is 19.4. The van der Waals surface area contributed by atoms with Crippen molar-refractivity contribution in [2.45, 2.75) is 44.5 Å². The van der Waals surface area contributed by atoms with Crippen LogP contribution >= 0.6 is 0 Å². The lowest BCUT2D eigenvalue weighted by atomic mass is 9.89. The second-order valence-electron chi connectivity index (χ2n) is 5.70. The summed E-state index contributed by atoms with van der Waals surface area (Å²) < 4.78 is 46.6. The van der Waals surface area contributed by atoms with Gasteiger partial charge < -0.3 is 9.64 Å². The van der Waals surface area contributed by atoms with E-state index in [2.05, 4.69) is 0 Å². The first-order valence-corrected chi connectivity index (χ1v) is 7.43. The van der Waals surface area contributed by atoms with Gasteiger partial charge in [0.25, 0.3) is 11.5 Å². The molecule has 2 atom stereocenters. The van der Waals surface area contributed by atoms with Crippen LogP contribution in [0.25, 0.3) is 0 Å². The SMILES string of the molecule is CO[C@](C(=O)N1C(C)=CCC[C@H]1C)(c1ccccc1)C(F)(F)F. The van der Waals surface area contributed by atoms with Crippen LogP contribution in [0.2, 0.25) is 0 Å². The first-order chi connectivity index (χ1) is 10.8. The molecule has 0 aromatic heterocycles. The van der Waals surface area contributed by atoms with Gasteiger partial charge in [-0.3, -0.25) is 4.79 Å². The molecular formula is C17H20F3NO2. The first-order valence-electron chi connectivity index (χ1n) is 7.43. The number of carbonyl (C=O) groups is 1. The number of ether oxygens (including phenoxy) is 1. The van der Waals surface area contributed by atoms with Gasteiger partial charge in [0.05, 0.1) is 0 Å². The fraction of sp³-hybridized carbons (Fsp3) is 0.471. The van der Waals surface area contributed by atoms with Crippen LogP contribution in [0.1, 0.15) is 32.3 Å². The van der Waals surface area contributed by atoms with Crippen LogP contribution in [-0.2, 0) is 15.1 Å². The molecule has 1 aliphatic rings. The number of methoxy groups -OCH3 is 1. The second-order valence-corrected chi connectivity index (χ2v) is 5.70. The van der Waals surface area contributed by atoms with Crippen LogP contribution in [-0.4, -0.2) is 30.1 Å². The standard InChI is InChI=1S/C17H20F3NO2/c1-12-8-7-9-13(2)21(12)15(22)16(23-3,17(18,19)20)14-10-5-4-6-11-14/h4-6,8,10-11,13H,7,9H2,1-3H3/t13-,16+/m1/s1. The lowest BCUT2D eigenvalue weighted by Gasteiger charge is -2.41. The van der Waals surface area contributed by atoms with E-state index < -0.39 is 17.7 Å². The molecule has 0 saturated carbocycles. The van der Waals surface area contributed by atoms with Crippen molar-refractivity contribution in [1.82, 2.24) is 4.90 Å². The Kier molecular flexibility index (Phi) is 4.84. The minimum absolute atomic E-state index is 0.217. The number of benzene rings is 1. The molecule has 0 spiro atoms. The van der Waals surface area contributed by atoms with Crippen molar-refractivity contribution in [3.8, 4) is 0 Å². The van der Waals surface area contributed by atoms with Gasteiger partial charge in [-0.2, -0.15) is 13.2 Å². The molecule has 0 radical (unpaired) electrons. The molecule has 3 nitrogen and oxygen atoms in total. The van der Waals surface area contributed by atoms with Crippen molar-refractivity contribution >= 4 is 5.91 Å². The molecule has 0 saturated heterocycles. The van der Waals surface area contributed by atoms with E-state index in [1.807, 2.05) is 0 Å². The Morgan fingerprint density at radius 2 is 1.87 bits per heavy atom. The molecule has 1 heterocycles. The fourth-order valence-corrected chi connectivity index (χ4v) is 3.04. The van der Waals surface area contributed by atoms with E-state index >= 15 is 0 Å². The molecule has 1 amide bonds. The van der Waals surface area contributed by atoms with Crippen molar-refractivity contribution in [2.24, 2.45) is 0 Å². The third-order valence-corrected chi connectivity index (χ3v) is 4.25. The van der Waals surface area contributed by atoms with Gasteiger partial charge in [0.2, 0.25) is 0 Å². The first kappa shape index (κ1) is 17.5. The van der Waals surface area contributed by atoms with Crippen molar-refractivity contribution in [3.05, 3.63) is 47.7 Å². The summed E-state index contributed by atoms with van der Waals surface area (Å²) in [5, 5.41) is 0. The zero-order valence-electron chi connectivity index (χ0n) is 13.4. The summed E-state index contributed by atoms with van der Waals surface area (Å²) in [5.74, 6) is -1.10. The van der Waals surface area contributed by atoms with Gasteiger partial charge in [0, 0.05) is 24.4 Å². The molecule has 6 heteroatoms. The van der Waals surface area contributed by atoms with Crippen LogP contribution in [0.15, 0.2) is 42.1 Å². The van der Waals surface area contributed by atoms with E-state index in [4.69, 9.17) is 4.74 Å². The van der Waals surface area contributed by atoms with Crippen molar-refractivity contribution in [3.63, 3.8) is 0 Å². The van der Waals surface area contributed by atoms with Gasteiger partial charge in [-0.05, 0) is 26.7 Å². The smallest absolute Gasteiger partial charge is 0.356 e. The van der Waals surface area contributed by atoms with Gasteiger partial charge in [0.1, 0.15) is 0 Å². The molecule has 1 aliphatic heterocycles. The quantitative estimate of drug-likeness (QED) is 0.840. The van der Waals surface area contributed by atoms with Gasteiger partial charge >= 0.3 is 6.18 Å². The molecule has 1 aromatic carbocycles. The number of rotatable bonds is 3. The maximum absolute atomic E-state index is 13.9. The number of allylic oxidation sites excluding steroid dienone is 2. The summed E-state index contributed by atoms with van der Waals surface area (Å²) in [5.41, 5.74) is -2.70. The summed E-state index contributed by atoms with van der Waals surface area (Å²) in [7, 11) is 0.923. The lowest BCUT2D eigenvalue weighted by Crippen LogP contribution is -2.58. The van der Waals surface area contributed by atoms with Gasteiger partial charge in [-0.25, -0.2) is 0 Å². The number of alkyl halides is 3. The van der Waals surface area contributed by atoms with Crippen LogP contribution in [0.4, 0.5) is 13.2 Å². The van der Waals surface area contributed by atoms with Gasteiger partial charge in [-0.1, -0.05) is 36.4 Å². The molecule has 23 heavy (non-hydrogen) atoms. The Hall–Kier alpha value is -1.82. The lowest BCUT2D eigenvalue weighted by molar-refractivity contribution is -0.270. The number of nitrogens with zero attached hydrogens (tertiary/aromatic N) is 1. The monoisotopic (exact) mass is 327 g/mol. The average molecular weight is 327 g/mol. The van der Waals surface area contributed by atoms with Crippen molar-refractivity contribution in [1.29, 1.82) is 0 Å². The maximum Gasteiger partial charge on any atom is 0.430 e. The summed E-state index contributed by atoms with van der Waals surface area (Å²) >= 11 is 0. The highest BCUT2D eigenvalue weighted by Crippen LogP contribution is 2.44. The zero-order chi connectivity index (χ0) is 17.3. The molecule has 0 bridgehead atoms. The van der Waals surface area contributed by atoms with Crippen molar-refractivity contribution < 1.29 is 22.7 Å². The topological polar surface area (TPSA) is 29.5 Å². The van der Waals surface area contributed by atoms with Crippen LogP contribution in [0.5, 0.6) is 0 Å². The number of amides is 1. The number of hydrogen-bond acceptors (Lipinski definition) is 2. The number of halogens is 3. The third kappa shape index (κ3) is 2.87. The number of carbonyl (C=O) groups excluding carboxylic acids is 1. The molecular weight excluding hydrogens is 307 g/mol. The van der Waals surface area contributed by atoms with Gasteiger partial charge in [0.15, 0.2) is 0 Å². The normalized spacial score (nSPS) is 21.6. The van der Waals surface area contributed by atoms with E-state index in [9.17, 15) is 18.0 Å². The summed E-state index contributed by atoms with van der Waals surface area (Å²) in [4.78, 5) is 14.2. The molecule has 0 unspecified atom stereocenters. The minimum atomic E-state index is -4.88. The highest BCUT2D eigenvalue weighted by Gasteiger charge is 2.64. The molecule has 2 rings (SSSR count). The Labute approximate surface area is 133 Å². The summed E-state index contributed by atoms with van der Waals surface area (Å²) in [6.07, 6.45) is -1.74. The summed E-state index contributed by atoms with van der Waals surface area (Å²) in [6, 6.07) is 6.74. The fourth-order valence-electron chi connectivity index (χ4n) is 3.04. The Bertz CT molecular complexity index is 598. The third-order valence-electron chi connectivity index (χ3n) is 4.25. The van der Waals surface area contributed by atoms with Crippen LogP contribution in [0, 0.1) is 0 Å². The largest absolute Gasteiger partial charge is 0.430 e. The van der Waals surface area contributed by atoms with Crippen LogP contribution < -0.4 is 0 Å². The molecule has 126 valence electrons. The highest BCUT2D eigenvalue weighted by molar-refractivity contribution is 5.89. The molecule has 0 fully saturated rings. The Morgan fingerprint density at radius 3 is 2.35 bits per heavy atom. The van der Waals surface area contributed by atoms with Crippen LogP contribution in [0.3, 0.4) is 0 Å². The molecule has 1 aromatic rings. The zero-order valence-corrected chi connectivity index (χ0v) is 13.4. The Balaban J connectivity index is 2.61. The predicted molar refractivity (Wildman–Crippen MR) is 80.5 cm³/mol. The Morgan fingerprint density at radius 1 is 1.26 bits per heavy atom. The van der Waals surface area contributed by atoms with E-state index in [1.54, 1.807) is 26.0 Å². The van der Waals surface area contributed by atoms with E-state index in [0.717, 1.165) is 13.5 Å².